The fourth-order valence-electron chi connectivity index (χ4n) is 2.14. The van der Waals surface area contributed by atoms with Crippen LogP contribution in [0, 0.1) is 0 Å². The van der Waals surface area contributed by atoms with Crippen LogP contribution in [0.1, 0.15) is 36.6 Å². The fraction of sp³-hybridized carbons (Fsp3) is 0.118. The highest BCUT2D eigenvalue weighted by atomic mass is 35.5. The molecule has 0 aliphatic rings. The molecule has 0 heterocycles. The van der Waals surface area contributed by atoms with Crippen LogP contribution in [0.5, 0.6) is 11.5 Å². The molecule has 0 amide bonds. The molecule has 0 atom stereocenters. The molecule has 25 heavy (non-hydrogen) atoms. The molecule has 8 heteroatoms. The summed E-state index contributed by atoms with van der Waals surface area (Å²) in [6.07, 6.45) is 0. The number of phenolic OH excluding ortho intramolecular Hbond substituents is 2. The number of phenols is 2. The number of carbonyl (C=O) groups is 3. The van der Waals surface area contributed by atoms with Gasteiger partial charge in [-0.1, -0.05) is 11.6 Å². The normalized spacial score (nSPS) is 10.2. The van der Waals surface area contributed by atoms with E-state index in [1.165, 1.54) is 18.2 Å². The first-order valence-electron chi connectivity index (χ1n) is 6.87. The Morgan fingerprint density at radius 2 is 1.40 bits per heavy atom. The lowest BCUT2D eigenvalue weighted by atomic mass is 9.97. The Kier molecular flexibility index (Phi) is 5.29. The van der Waals surface area contributed by atoms with E-state index in [1.54, 1.807) is 0 Å². The molecule has 0 fully saturated rings. The topological polar surface area (TPSA) is 110 Å². The molecule has 0 saturated heterocycles. The molecule has 0 aromatic heterocycles. The lowest BCUT2D eigenvalue weighted by Crippen LogP contribution is -2.11. The third-order valence-corrected chi connectivity index (χ3v) is 3.62. The van der Waals surface area contributed by atoms with Crippen molar-refractivity contribution in [3.05, 3.63) is 57.6 Å². The number of ether oxygens (including phenoxy) is 2. The smallest absolute Gasteiger partial charge is 0.341 e. The van der Waals surface area contributed by atoms with E-state index in [-0.39, 0.29) is 21.9 Å². The molecule has 2 aromatic rings. The SMILES string of the molecule is COC(=O)c1cc(C(=O)c2cc(Cl)ccc2O)cc(C(=O)OC)c1O. The van der Waals surface area contributed by atoms with E-state index < -0.39 is 34.6 Å². The molecule has 0 bridgehead atoms. The number of halogens is 1. The Morgan fingerprint density at radius 3 is 1.88 bits per heavy atom. The molecule has 7 nitrogen and oxygen atoms in total. The number of rotatable bonds is 4. The number of ketones is 1. The minimum absolute atomic E-state index is 0.134. The first-order chi connectivity index (χ1) is 11.8. The van der Waals surface area contributed by atoms with Crippen molar-refractivity contribution in [3.63, 3.8) is 0 Å². The van der Waals surface area contributed by atoms with Crippen molar-refractivity contribution >= 4 is 29.3 Å². The minimum Gasteiger partial charge on any atom is -0.507 e. The predicted molar refractivity (Wildman–Crippen MR) is 87.3 cm³/mol. The maximum absolute atomic E-state index is 12.7. The van der Waals surface area contributed by atoms with Crippen molar-refractivity contribution in [2.24, 2.45) is 0 Å². The molecule has 0 radical (unpaired) electrons. The van der Waals surface area contributed by atoms with Gasteiger partial charge in [-0.05, 0) is 30.3 Å². The Bertz CT molecular complexity index is 836. The number of hydrogen-bond donors (Lipinski definition) is 2. The number of hydrogen-bond acceptors (Lipinski definition) is 7. The van der Waals surface area contributed by atoms with Crippen molar-refractivity contribution in [1.29, 1.82) is 0 Å². The van der Waals surface area contributed by atoms with Crippen LogP contribution in [-0.4, -0.2) is 42.2 Å². The summed E-state index contributed by atoms with van der Waals surface area (Å²) in [6.45, 7) is 0. The van der Waals surface area contributed by atoms with Gasteiger partial charge >= 0.3 is 11.9 Å². The van der Waals surface area contributed by atoms with Crippen LogP contribution in [0.2, 0.25) is 5.02 Å². The van der Waals surface area contributed by atoms with Crippen molar-refractivity contribution in [1.82, 2.24) is 0 Å². The minimum atomic E-state index is -0.951. The van der Waals surface area contributed by atoms with Crippen molar-refractivity contribution in [2.45, 2.75) is 0 Å². The van der Waals surface area contributed by atoms with Gasteiger partial charge in [-0.15, -0.1) is 0 Å². The summed E-state index contributed by atoms with van der Waals surface area (Å²) in [5, 5.41) is 20.2. The maximum atomic E-state index is 12.7. The summed E-state index contributed by atoms with van der Waals surface area (Å²) < 4.78 is 9.07. The molecule has 0 aliphatic carbocycles. The van der Waals surface area contributed by atoms with Crippen LogP contribution >= 0.6 is 11.6 Å². The highest BCUT2D eigenvalue weighted by Gasteiger charge is 2.25. The van der Waals surface area contributed by atoms with Crippen LogP contribution < -0.4 is 0 Å². The number of methoxy groups -OCH3 is 2. The number of benzene rings is 2. The molecule has 0 aliphatic heterocycles. The summed E-state index contributed by atoms with van der Waals surface area (Å²) in [7, 11) is 2.16. The Balaban J connectivity index is 2.68. The maximum Gasteiger partial charge on any atom is 0.341 e. The fourth-order valence-corrected chi connectivity index (χ4v) is 2.31. The van der Waals surface area contributed by atoms with Crippen molar-refractivity contribution in [3.8, 4) is 11.5 Å². The molecule has 0 unspecified atom stereocenters. The Labute approximate surface area is 147 Å². The van der Waals surface area contributed by atoms with Crippen LogP contribution in [0.4, 0.5) is 0 Å². The predicted octanol–water partition coefficient (Wildman–Crippen LogP) is 2.56. The summed E-state index contributed by atoms with van der Waals surface area (Å²) in [6, 6.07) is 5.97. The highest BCUT2D eigenvalue weighted by Crippen LogP contribution is 2.30. The van der Waals surface area contributed by atoms with Gasteiger partial charge in [0.25, 0.3) is 0 Å². The highest BCUT2D eigenvalue weighted by molar-refractivity contribution is 6.31. The average molecular weight is 365 g/mol. The van der Waals surface area contributed by atoms with E-state index in [0.717, 1.165) is 26.4 Å². The second-order valence-corrected chi connectivity index (χ2v) is 5.33. The van der Waals surface area contributed by atoms with Crippen LogP contribution in [0.3, 0.4) is 0 Å². The zero-order valence-electron chi connectivity index (χ0n) is 13.2. The first kappa shape index (κ1) is 18.3. The Hall–Kier alpha value is -3.06. The third kappa shape index (κ3) is 3.56. The van der Waals surface area contributed by atoms with Crippen LogP contribution in [-0.2, 0) is 9.47 Å². The monoisotopic (exact) mass is 364 g/mol. The standard InChI is InChI=1S/C17H13ClO7/c1-24-16(22)11-5-8(6-12(15(11)21)17(23)25-2)14(20)10-7-9(18)3-4-13(10)19/h3-7,19,21H,1-2H3. The van der Waals surface area contributed by atoms with E-state index in [2.05, 4.69) is 9.47 Å². The first-order valence-corrected chi connectivity index (χ1v) is 7.24. The van der Waals surface area contributed by atoms with Gasteiger partial charge in [-0.3, -0.25) is 4.79 Å². The quantitative estimate of drug-likeness (QED) is 0.633. The van der Waals surface area contributed by atoms with E-state index in [0.29, 0.717) is 0 Å². The summed E-state index contributed by atoms with van der Waals surface area (Å²) in [4.78, 5) is 36.3. The molecule has 2 aromatic carbocycles. The van der Waals surface area contributed by atoms with E-state index >= 15 is 0 Å². The molecule has 0 spiro atoms. The van der Waals surface area contributed by atoms with Crippen LogP contribution in [0.15, 0.2) is 30.3 Å². The van der Waals surface area contributed by atoms with Gasteiger partial charge in [-0.2, -0.15) is 0 Å². The Morgan fingerprint density at radius 1 is 0.880 bits per heavy atom. The number of aromatic hydroxyl groups is 2. The van der Waals surface area contributed by atoms with Crippen molar-refractivity contribution < 1.29 is 34.1 Å². The van der Waals surface area contributed by atoms with Gasteiger partial charge in [0.15, 0.2) is 5.78 Å². The molecular weight excluding hydrogens is 352 g/mol. The average Bonchev–Trinajstić information content (AvgIpc) is 2.62. The van der Waals surface area contributed by atoms with E-state index in [1.807, 2.05) is 0 Å². The van der Waals surface area contributed by atoms with Gasteiger partial charge in [0.05, 0.1) is 19.8 Å². The summed E-state index contributed by atoms with van der Waals surface area (Å²) in [5.41, 5.74) is -1.06. The molecule has 2 rings (SSSR count). The second-order valence-electron chi connectivity index (χ2n) is 4.89. The van der Waals surface area contributed by atoms with Crippen molar-refractivity contribution in [2.75, 3.05) is 14.2 Å². The lowest BCUT2D eigenvalue weighted by Gasteiger charge is -2.11. The number of carbonyl (C=O) groups excluding carboxylic acids is 3. The third-order valence-electron chi connectivity index (χ3n) is 3.39. The molecular formula is C17H13ClO7. The number of esters is 2. The van der Waals surface area contributed by atoms with Gasteiger partial charge < -0.3 is 19.7 Å². The molecule has 0 saturated carbocycles. The van der Waals surface area contributed by atoms with Gasteiger partial charge in [0.2, 0.25) is 0 Å². The zero-order valence-corrected chi connectivity index (χ0v) is 14.0. The lowest BCUT2D eigenvalue weighted by molar-refractivity contribution is 0.0592. The van der Waals surface area contributed by atoms with E-state index in [9.17, 15) is 24.6 Å². The summed E-state index contributed by atoms with van der Waals surface area (Å²) in [5.74, 6) is -3.62. The van der Waals surface area contributed by atoms with Crippen LogP contribution in [0.25, 0.3) is 0 Å². The molecule has 130 valence electrons. The molecule has 2 N–H and O–H groups in total. The van der Waals surface area contributed by atoms with Gasteiger partial charge in [0.1, 0.15) is 22.6 Å². The van der Waals surface area contributed by atoms with E-state index in [4.69, 9.17) is 11.6 Å². The van der Waals surface area contributed by atoms with Gasteiger partial charge in [0, 0.05) is 10.6 Å². The zero-order chi connectivity index (χ0) is 18.7. The summed E-state index contributed by atoms with van der Waals surface area (Å²) >= 11 is 5.83. The largest absolute Gasteiger partial charge is 0.507 e. The second kappa shape index (κ2) is 7.23. The van der Waals surface area contributed by atoms with Gasteiger partial charge in [-0.25, -0.2) is 9.59 Å².